The molecule has 6 nitrogen and oxygen atoms in total. The fourth-order valence-electron chi connectivity index (χ4n) is 4.26. The van der Waals surface area contributed by atoms with E-state index in [1.165, 1.54) is 0 Å². The first-order chi connectivity index (χ1) is 15.6. The average Bonchev–Trinajstić information content (AvgIpc) is 3.55. The van der Waals surface area contributed by atoms with Crippen molar-refractivity contribution in [2.45, 2.75) is 18.6 Å². The Hall–Kier alpha value is -3.58. The van der Waals surface area contributed by atoms with Crippen LogP contribution < -0.4 is 15.1 Å². The molecule has 5 rings (SSSR count). The lowest BCUT2D eigenvalue weighted by atomic mass is 10.0. The Balaban J connectivity index is 1.58. The number of hydrogen-bond donors (Lipinski definition) is 1. The summed E-state index contributed by atoms with van der Waals surface area (Å²) in [6, 6.07) is 22.5. The summed E-state index contributed by atoms with van der Waals surface area (Å²) >= 11 is 5.84. The quantitative estimate of drug-likeness (QED) is 0.433. The minimum absolute atomic E-state index is 0.0624. The number of nitrogens with zero attached hydrogens (tertiary/aromatic N) is 4. The molecule has 0 saturated carbocycles. The minimum Gasteiger partial charge on any atom is -0.467 e. The zero-order valence-electron chi connectivity index (χ0n) is 18.1. The molecule has 1 aliphatic heterocycles. The molecule has 0 aliphatic carbocycles. The molecule has 1 aliphatic rings. The highest BCUT2D eigenvalue weighted by Crippen LogP contribution is 2.42. The Morgan fingerprint density at radius 3 is 2.56 bits per heavy atom. The summed E-state index contributed by atoms with van der Waals surface area (Å²) in [6.45, 7) is 0.654. The van der Waals surface area contributed by atoms with Crippen molar-refractivity contribution >= 4 is 28.7 Å². The lowest BCUT2D eigenvalue weighted by molar-refractivity contribution is 0.475. The van der Waals surface area contributed by atoms with Gasteiger partial charge in [-0.25, -0.2) is 0 Å². The summed E-state index contributed by atoms with van der Waals surface area (Å²) in [7, 11) is 4.08. The number of aromatic nitrogens is 2. The van der Waals surface area contributed by atoms with Crippen molar-refractivity contribution in [2.75, 3.05) is 23.9 Å². The SMILES string of the molecule is CN(C)c1ccc(N2C(=S)N[C@@H](c3ccccn3)[C@@H]2c2cccn2Cc2ccco2)cc1. The Bertz CT molecular complexity index is 1180. The second-order valence-electron chi connectivity index (χ2n) is 8.05. The van der Waals surface area contributed by atoms with Crippen LogP contribution in [-0.4, -0.2) is 28.8 Å². The van der Waals surface area contributed by atoms with Crippen LogP contribution >= 0.6 is 12.2 Å². The molecular weight excluding hydrogens is 418 g/mol. The van der Waals surface area contributed by atoms with E-state index in [9.17, 15) is 0 Å². The molecule has 1 saturated heterocycles. The predicted molar refractivity (Wildman–Crippen MR) is 131 cm³/mol. The van der Waals surface area contributed by atoms with E-state index in [1.807, 2.05) is 50.6 Å². The summed E-state index contributed by atoms with van der Waals surface area (Å²) < 4.78 is 7.83. The summed E-state index contributed by atoms with van der Waals surface area (Å²) in [5, 5.41) is 4.22. The first-order valence-corrected chi connectivity index (χ1v) is 11.0. The predicted octanol–water partition coefficient (Wildman–Crippen LogP) is 4.77. The van der Waals surface area contributed by atoms with Gasteiger partial charge in [0.05, 0.1) is 24.5 Å². The number of pyridine rings is 1. The third kappa shape index (κ3) is 3.76. The van der Waals surface area contributed by atoms with Crippen molar-refractivity contribution in [3.05, 3.63) is 103 Å². The van der Waals surface area contributed by atoms with Crippen LogP contribution in [0, 0.1) is 0 Å². The number of hydrogen-bond acceptors (Lipinski definition) is 4. The third-order valence-electron chi connectivity index (χ3n) is 5.82. The van der Waals surface area contributed by atoms with Gasteiger partial charge < -0.3 is 24.1 Å². The molecule has 4 heterocycles. The van der Waals surface area contributed by atoms with Crippen molar-refractivity contribution in [2.24, 2.45) is 0 Å². The van der Waals surface area contributed by atoms with Crippen LogP contribution in [0.4, 0.5) is 11.4 Å². The number of benzene rings is 1. The summed E-state index contributed by atoms with van der Waals surface area (Å²) in [5.74, 6) is 0.909. The standard InChI is InChI=1S/C25H25N5OS/c1-28(2)18-10-12-19(13-11-18)30-24(23(27-25(30)32)21-8-3-4-14-26-21)22-9-5-15-29(22)17-20-7-6-16-31-20/h3-16,23-24H,17H2,1-2H3,(H,27,32)/t23-,24-/m0/s1. The van der Waals surface area contributed by atoms with E-state index in [4.69, 9.17) is 16.6 Å². The van der Waals surface area contributed by atoms with Crippen LogP contribution in [0.2, 0.25) is 0 Å². The highest BCUT2D eigenvalue weighted by molar-refractivity contribution is 7.80. The van der Waals surface area contributed by atoms with Crippen molar-refractivity contribution in [1.29, 1.82) is 0 Å². The molecule has 32 heavy (non-hydrogen) atoms. The maximum Gasteiger partial charge on any atom is 0.174 e. The van der Waals surface area contributed by atoms with Crippen molar-refractivity contribution < 1.29 is 4.42 Å². The first-order valence-electron chi connectivity index (χ1n) is 10.6. The van der Waals surface area contributed by atoms with Crippen molar-refractivity contribution in [1.82, 2.24) is 14.9 Å². The van der Waals surface area contributed by atoms with E-state index in [-0.39, 0.29) is 12.1 Å². The van der Waals surface area contributed by atoms with Gasteiger partial charge in [0.15, 0.2) is 5.11 Å². The van der Waals surface area contributed by atoms with E-state index in [2.05, 4.69) is 67.3 Å². The van der Waals surface area contributed by atoms with Crippen LogP contribution in [0.5, 0.6) is 0 Å². The van der Waals surface area contributed by atoms with Gasteiger partial charge in [-0.15, -0.1) is 0 Å². The maximum absolute atomic E-state index is 5.84. The molecule has 1 fully saturated rings. The van der Waals surface area contributed by atoms with Gasteiger partial charge in [-0.3, -0.25) is 4.98 Å². The zero-order valence-corrected chi connectivity index (χ0v) is 18.9. The maximum atomic E-state index is 5.84. The fourth-order valence-corrected chi connectivity index (χ4v) is 4.60. The average molecular weight is 444 g/mol. The van der Waals surface area contributed by atoms with E-state index in [0.29, 0.717) is 11.7 Å². The second kappa shape index (κ2) is 8.51. The largest absolute Gasteiger partial charge is 0.467 e. The molecule has 0 bridgehead atoms. The van der Waals surface area contributed by atoms with Gasteiger partial charge in [0.2, 0.25) is 0 Å². The Labute approximate surface area is 193 Å². The topological polar surface area (TPSA) is 49.5 Å². The Morgan fingerprint density at radius 2 is 1.88 bits per heavy atom. The highest BCUT2D eigenvalue weighted by Gasteiger charge is 2.42. The normalized spacial score (nSPS) is 18.1. The van der Waals surface area contributed by atoms with Crippen LogP contribution in [0.1, 0.15) is 29.2 Å². The number of thiocarbonyl (C=S) groups is 1. The van der Waals surface area contributed by atoms with Gasteiger partial charge in [0, 0.05) is 43.6 Å². The van der Waals surface area contributed by atoms with Gasteiger partial charge in [0.25, 0.3) is 0 Å². The lowest BCUT2D eigenvalue weighted by Gasteiger charge is -2.29. The second-order valence-corrected chi connectivity index (χ2v) is 8.43. The molecular formula is C25H25N5OS. The third-order valence-corrected chi connectivity index (χ3v) is 6.13. The van der Waals surface area contributed by atoms with E-state index >= 15 is 0 Å². The summed E-state index contributed by atoms with van der Waals surface area (Å²) in [5.41, 5.74) is 4.28. The monoisotopic (exact) mass is 443 g/mol. The van der Waals surface area contributed by atoms with Gasteiger partial charge in [0.1, 0.15) is 11.8 Å². The molecule has 1 N–H and O–H groups in total. The Kier molecular flexibility index (Phi) is 5.41. The van der Waals surface area contributed by atoms with Crippen LogP contribution in [0.15, 0.2) is 89.8 Å². The molecule has 3 aromatic heterocycles. The molecule has 162 valence electrons. The summed E-state index contributed by atoms with van der Waals surface area (Å²) in [4.78, 5) is 8.93. The van der Waals surface area contributed by atoms with Crippen LogP contribution in [-0.2, 0) is 6.54 Å². The Morgan fingerprint density at radius 1 is 1.03 bits per heavy atom. The molecule has 0 spiro atoms. The van der Waals surface area contributed by atoms with Crippen LogP contribution in [0.3, 0.4) is 0 Å². The molecule has 0 amide bonds. The van der Waals surface area contributed by atoms with Gasteiger partial charge in [-0.1, -0.05) is 6.07 Å². The minimum atomic E-state index is -0.0810. The smallest absolute Gasteiger partial charge is 0.174 e. The van der Waals surface area contributed by atoms with Gasteiger partial charge >= 0.3 is 0 Å². The van der Waals surface area contributed by atoms with Gasteiger partial charge in [-0.05, 0) is 72.9 Å². The zero-order chi connectivity index (χ0) is 22.1. The van der Waals surface area contributed by atoms with Gasteiger partial charge in [-0.2, -0.15) is 0 Å². The molecule has 4 aromatic rings. The first kappa shape index (κ1) is 20.3. The van der Waals surface area contributed by atoms with Crippen molar-refractivity contribution in [3.63, 3.8) is 0 Å². The van der Waals surface area contributed by atoms with Crippen LogP contribution in [0.25, 0.3) is 0 Å². The molecule has 1 aromatic carbocycles. The number of nitrogens with one attached hydrogen (secondary N) is 1. The molecule has 0 radical (unpaired) electrons. The van der Waals surface area contributed by atoms with E-state index in [0.717, 1.165) is 28.5 Å². The molecule has 7 heteroatoms. The van der Waals surface area contributed by atoms with E-state index < -0.39 is 0 Å². The molecule has 0 unspecified atom stereocenters. The lowest BCUT2D eigenvalue weighted by Crippen LogP contribution is -2.30. The highest BCUT2D eigenvalue weighted by atomic mass is 32.1. The number of rotatable bonds is 6. The summed E-state index contributed by atoms with van der Waals surface area (Å²) in [6.07, 6.45) is 5.62. The van der Waals surface area contributed by atoms with E-state index in [1.54, 1.807) is 6.26 Å². The van der Waals surface area contributed by atoms with Crippen molar-refractivity contribution in [3.8, 4) is 0 Å². The fraction of sp³-hybridized carbons (Fsp3) is 0.200. The molecule has 2 atom stereocenters. The number of furan rings is 1. The number of anilines is 2.